The van der Waals surface area contributed by atoms with Gasteiger partial charge in [-0.2, -0.15) is 0 Å². The number of benzene rings is 1. The van der Waals surface area contributed by atoms with E-state index in [0.29, 0.717) is 52.1 Å². The highest BCUT2D eigenvalue weighted by molar-refractivity contribution is 5.83. The molecule has 0 unspecified atom stereocenters. The smallest absolute Gasteiger partial charge is 0.151 e. The zero-order valence-corrected chi connectivity index (χ0v) is 22.7. The zero-order valence-electron chi connectivity index (χ0n) is 22.7. The topological polar surface area (TPSA) is 69.0 Å². The molecule has 7 nitrogen and oxygen atoms in total. The minimum Gasteiger partial charge on any atom is -0.377 e. The molecule has 4 aromatic rings. The third-order valence-electron chi connectivity index (χ3n) is 8.00. The van der Waals surface area contributed by atoms with E-state index in [0.717, 1.165) is 37.6 Å². The van der Waals surface area contributed by atoms with E-state index in [1.165, 1.54) is 31.5 Å². The fourth-order valence-electron chi connectivity index (χ4n) is 6.12. The summed E-state index contributed by atoms with van der Waals surface area (Å²) < 4.78 is 37.9. The van der Waals surface area contributed by atoms with Gasteiger partial charge in [0.15, 0.2) is 5.82 Å². The summed E-state index contributed by atoms with van der Waals surface area (Å²) in [7, 11) is 0. The number of aryl methyl sites for hydroxylation is 1. The molecule has 0 spiro atoms. The Hall–Kier alpha value is -3.30. The van der Waals surface area contributed by atoms with Gasteiger partial charge in [0, 0.05) is 55.0 Å². The SMILES string of the molecule is Cc1nc2c(F)cc(-c3cc(Cc4ncc(CN5CC[C@@H]6CCCO[C@H]6C5)cn4)ncc3F)cc2n1C(C)C. The fourth-order valence-corrected chi connectivity index (χ4v) is 6.12. The summed E-state index contributed by atoms with van der Waals surface area (Å²) >= 11 is 0. The molecular weight excluding hydrogens is 498 g/mol. The summed E-state index contributed by atoms with van der Waals surface area (Å²) in [5, 5.41) is 0. The van der Waals surface area contributed by atoms with Crippen LogP contribution in [-0.4, -0.2) is 55.2 Å². The second-order valence-corrected chi connectivity index (χ2v) is 11.1. The summed E-state index contributed by atoms with van der Waals surface area (Å²) in [6, 6.07) is 4.89. The quantitative estimate of drug-likeness (QED) is 0.320. The highest BCUT2D eigenvalue weighted by Crippen LogP contribution is 2.32. The Labute approximate surface area is 227 Å². The van der Waals surface area contributed by atoms with E-state index >= 15 is 4.39 Å². The van der Waals surface area contributed by atoms with E-state index < -0.39 is 11.6 Å². The third kappa shape index (κ3) is 5.30. The number of hydrogen-bond acceptors (Lipinski definition) is 6. The number of pyridine rings is 1. The molecule has 0 aliphatic carbocycles. The minimum atomic E-state index is -0.508. The maximum absolute atomic E-state index is 15.0. The highest BCUT2D eigenvalue weighted by atomic mass is 19.1. The van der Waals surface area contributed by atoms with Crippen molar-refractivity contribution in [1.82, 2.24) is 29.4 Å². The Morgan fingerprint density at radius 2 is 1.85 bits per heavy atom. The van der Waals surface area contributed by atoms with E-state index in [1.54, 1.807) is 12.1 Å². The molecular formula is C30H34F2N6O. The van der Waals surface area contributed by atoms with Crippen LogP contribution < -0.4 is 0 Å². The number of fused-ring (bicyclic) bond motifs is 2. The molecule has 39 heavy (non-hydrogen) atoms. The van der Waals surface area contributed by atoms with Crippen molar-refractivity contribution in [3.05, 3.63) is 71.3 Å². The first kappa shape index (κ1) is 26.0. The van der Waals surface area contributed by atoms with Gasteiger partial charge in [0.25, 0.3) is 0 Å². The third-order valence-corrected chi connectivity index (χ3v) is 8.00. The minimum absolute atomic E-state index is 0.0926. The fraction of sp³-hybridized carbons (Fsp3) is 0.467. The van der Waals surface area contributed by atoms with Gasteiger partial charge >= 0.3 is 0 Å². The molecule has 0 bridgehead atoms. The van der Waals surface area contributed by atoms with Crippen LogP contribution in [0.2, 0.25) is 0 Å². The lowest BCUT2D eigenvalue weighted by Gasteiger charge is -2.41. The number of nitrogens with zero attached hydrogens (tertiary/aromatic N) is 6. The van der Waals surface area contributed by atoms with Crippen molar-refractivity contribution in [2.24, 2.45) is 5.92 Å². The molecule has 204 valence electrons. The first-order valence-corrected chi connectivity index (χ1v) is 13.8. The van der Waals surface area contributed by atoms with Crippen LogP contribution in [0.15, 0.2) is 36.8 Å². The zero-order chi connectivity index (χ0) is 27.1. The van der Waals surface area contributed by atoms with Gasteiger partial charge in [-0.15, -0.1) is 0 Å². The number of likely N-dealkylation sites (tertiary alicyclic amines) is 1. The Kier molecular flexibility index (Phi) is 7.12. The lowest BCUT2D eigenvalue weighted by atomic mass is 9.87. The Balaban J connectivity index is 1.19. The molecule has 6 rings (SSSR count). The van der Waals surface area contributed by atoms with E-state index in [4.69, 9.17) is 4.74 Å². The van der Waals surface area contributed by atoms with Crippen molar-refractivity contribution in [1.29, 1.82) is 0 Å². The van der Waals surface area contributed by atoms with Gasteiger partial charge < -0.3 is 9.30 Å². The van der Waals surface area contributed by atoms with Crippen LogP contribution in [0.5, 0.6) is 0 Å². The van der Waals surface area contributed by atoms with Crippen LogP contribution in [0.3, 0.4) is 0 Å². The Morgan fingerprint density at radius 1 is 1.03 bits per heavy atom. The molecule has 2 aliphatic rings. The number of aromatic nitrogens is 5. The number of piperidine rings is 1. The molecule has 2 aliphatic heterocycles. The van der Waals surface area contributed by atoms with Crippen molar-refractivity contribution < 1.29 is 13.5 Å². The highest BCUT2D eigenvalue weighted by Gasteiger charge is 2.32. The van der Waals surface area contributed by atoms with Crippen molar-refractivity contribution in [3.8, 4) is 11.1 Å². The second kappa shape index (κ2) is 10.7. The standard InChI is InChI=1S/C30H34F2N6O/c1-18(2)38-19(3)36-30-25(31)9-22(10-27(30)38)24-11-23(33-15-26(24)32)12-29-34-13-20(14-35-29)16-37-7-6-21-5-4-8-39-28(21)17-37/h9-11,13-15,18,21,28H,4-8,12,16-17H2,1-3H3/t21-,28-/m0/s1. The molecule has 2 atom stereocenters. The van der Waals surface area contributed by atoms with Crippen LogP contribution in [-0.2, 0) is 17.7 Å². The molecule has 1 aromatic carbocycles. The number of rotatable bonds is 6. The Morgan fingerprint density at radius 3 is 2.64 bits per heavy atom. The summed E-state index contributed by atoms with van der Waals surface area (Å²) in [4.78, 5) is 20.2. The summed E-state index contributed by atoms with van der Waals surface area (Å²) in [6.07, 6.45) is 9.23. The second-order valence-electron chi connectivity index (χ2n) is 11.1. The van der Waals surface area contributed by atoms with Crippen molar-refractivity contribution in [3.63, 3.8) is 0 Å². The van der Waals surface area contributed by atoms with Crippen LogP contribution in [0.25, 0.3) is 22.2 Å². The summed E-state index contributed by atoms with van der Waals surface area (Å²) in [6.45, 7) is 9.58. The lowest BCUT2D eigenvalue weighted by Crippen LogP contribution is -2.46. The van der Waals surface area contributed by atoms with Crippen LogP contribution in [0.1, 0.15) is 62.1 Å². The summed E-state index contributed by atoms with van der Waals surface area (Å²) in [5.41, 5.74) is 3.35. The number of imidazole rings is 1. The normalized spacial score (nSPS) is 20.1. The van der Waals surface area contributed by atoms with Crippen molar-refractivity contribution in [2.75, 3.05) is 19.7 Å². The van der Waals surface area contributed by atoms with E-state index in [1.807, 2.05) is 37.7 Å². The van der Waals surface area contributed by atoms with Gasteiger partial charge in [-0.05, 0) is 76.3 Å². The van der Waals surface area contributed by atoms with Crippen LogP contribution in [0, 0.1) is 24.5 Å². The average molecular weight is 533 g/mol. The molecule has 5 heterocycles. The Bertz CT molecular complexity index is 1490. The average Bonchev–Trinajstić information content (AvgIpc) is 3.27. The molecule has 3 aromatic heterocycles. The predicted molar refractivity (Wildman–Crippen MR) is 145 cm³/mol. The van der Waals surface area contributed by atoms with Crippen LogP contribution >= 0.6 is 0 Å². The first-order valence-electron chi connectivity index (χ1n) is 13.8. The molecule has 0 saturated carbocycles. The largest absolute Gasteiger partial charge is 0.377 e. The predicted octanol–water partition coefficient (Wildman–Crippen LogP) is 5.65. The van der Waals surface area contributed by atoms with Gasteiger partial charge in [-0.1, -0.05) is 0 Å². The van der Waals surface area contributed by atoms with E-state index in [2.05, 4.69) is 24.8 Å². The maximum atomic E-state index is 15.0. The molecule has 2 fully saturated rings. The molecule has 0 N–H and O–H groups in total. The molecule has 0 radical (unpaired) electrons. The molecule has 2 saturated heterocycles. The number of ether oxygens (including phenoxy) is 1. The van der Waals surface area contributed by atoms with Crippen molar-refractivity contribution in [2.45, 2.75) is 65.1 Å². The van der Waals surface area contributed by atoms with Gasteiger partial charge in [-0.25, -0.2) is 23.7 Å². The van der Waals surface area contributed by atoms with Gasteiger partial charge in [-0.3, -0.25) is 9.88 Å². The monoisotopic (exact) mass is 532 g/mol. The van der Waals surface area contributed by atoms with Gasteiger partial charge in [0.05, 0.1) is 24.2 Å². The van der Waals surface area contributed by atoms with E-state index in [9.17, 15) is 4.39 Å². The maximum Gasteiger partial charge on any atom is 0.151 e. The summed E-state index contributed by atoms with van der Waals surface area (Å²) in [5.74, 6) is 1.04. The molecule has 9 heteroatoms. The van der Waals surface area contributed by atoms with Gasteiger partial charge in [0.2, 0.25) is 0 Å². The van der Waals surface area contributed by atoms with Crippen molar-refractivity contribution >= 4 is 11.0 Å². The van der Waals surface area contributed by atoms with E-state index in [-0.39, 0.29) is 6.04 Å². The lowest BCUT2D eigenvalue weighted by molar-refractivity contribution is -0.0707. The van der Waals surface area contributed by atoms with Gasteiger partial charge in [0.1, 0.15) is 23.0 Å². The van der Waals surface area contributed by atoms with Crippen LogP contribution in [0.4, 0.5) is 8.78 Å². The first-order chi connectivity index (χ1) is 18.9. The molecule has 0 amide bonds. The number of hydrogen-bond donors (Lipinski definition) is 0. The number of halogens is 2.